The van der Waals surface area contributed by atoms with Crippen molar-refractivity contribution in [3.8, 4) is 11.8 Å². The summed E-state index contributed by atoms with van der Waals surface area (Å²) in [5, 5.41) is 8.70. The van der Waals surface area contributed by atoms with Crippen LogP contribution in [0.2, 0.25) is 0 Å². The van der Waals surface area contributed by atoms with E-state index in [1.54, 1.807) is 17.5 Å². The molecule has 0 aliphatic rings. The lowest BCUT2D eigenvalue weighted by atomic mass is 10.2. The second-order valence-corrected chi connectivity index (χ2v) is 5.74. The first-order valence-electron chi connectivity index (χ1n) is 6.54. The maximum Gasteiger partial charge on any atom is 0.0771 e. The first kappa shape index (κ1) is 14.7. The van der Waals surface area contributed by atoms with Crippen molar-refractivity contribution in [2.24, 2.45) is 0 Å². The summed E-state index contributed by atoms with van der Waals surface area (Å²) in [6.45, 7) is 1.91. The summed E-state index contributed by atoms with van der Waals surface area (Å²) in [5.41, 5.74) is 1.22. The molecule has 2 aromatic rings. The van der Waals surface area contributed by atoms with E-state index >= 15 is 0 Å². The van der Waals surface area contributed by atoms with Crippen LogP contribution in [0.1, 0.15) is 21.7 Å². The van der Waals surface area contributed by atoms with E-state index < -0.39 is 0 Å². The molecule has 0 unspecified atom stereocenters. The summed E-state index contributed by atoms with van der Waals surface area (Å²) in [6, 6.07) is 8.21. The molecule has 0 fully saturated rings. The lowest BCUT2D eigenvalue weighted by molar-refractivity contribution is 0.305. The van der Waals surface area contributed by atoms with Gasteiger partial charge in [-0.1, -0.05) is 17.9 Å². The van der Waals surface area contributed by atoms with Gasteiger partial charge in [-0.2, -0.15) is 0 Å². The molecule has 1 N–H and O–H groups in total. The van der Waals surface area contributed by atoms with E-state index in [0.29, 0.717) is 6.42 Å². The summed E-state index contributed by atoms with van der Waals surface area (Å²) in [4.78, 5) is 8.74. The Balaban J connectivity index is 1.89. The maximum atomic E-state index is 8.70. The van der Waals surface area contributed by atoms with E-state index in [1.807, 2.05) is 18.3 Å². The number of thiophene rings is 1. The van der Waals surface area contributed by atoms with Gasteiger partial charge < -0.3 is 5.11 Å². The topological polar surface area (TPSA) is 36.4 Å². The lowest BCUT2D eigenvalue weighted by Gasteiger charge is -2.15. The van der Waals surface area contributed by atoms with Crippen molar-refractivity contribution in [2.75, 3.05) is 13.7 Å². The fraction of sp³-hybridized carbons (Fsp3) is 0.312. The molecular formula is C16H18N2OS. The van der Waals surface area contributed by atoms with E-state index in [9.17, 15) is 0 Å². The molecule has 0 radical (unpaired) electrons. The van der Waals surface area contributed by atoms with Crippen LogP contribution in [-0.4, -0.2) is 28.6 Å². The van der Waals surface area contributed by atoms with Crippen molar-refractivity contribution in [2.45, 2.75) is 19.5 Å². The Hall–Kier alpha value is -1.67. The zero-order valence-electron chi connectivity index (χ0n) is 11.5. The van der Waals surface area contributed by atoms with Crippen LogP contribution in [0.25, 0.3) is 0 Å². The summed E-state index contributed by atoms with van der Waals surface area (Å²) in [7, 11) is 2.10. The molecule has 104 valence electrons. The molecule has 0 aliphatic carbocycles. The van der Waals surface area contributed by atoms with Crippen LogP contribution >= 0.6 is 11.3 Å². The number of rotatable bonds is 5. The van der Waals surface area contributed by atoms with Gasteiger partial charge in [0.2, 0.25) is 0 Å². The highest BCUT2D eigenvalue weighted by Crippen LogP contribution is 2.17. The molecule has 0 atom stereocenters. The van der Waals surface area contributed by atoms with Crippen molar-refractivity contribution in [1.29, 1.82) is 0 Å². The smallest absolute Gasteiger partial charge is 0.0771 e. The third-order valence-corrected chi connectivity index (χ3v) is 3.70. The van der Waals surface area contributed by atoms with Crippen LogP contribution in [0.15, 0.2) is 36.7 Å². The van der Waals surface area contributed by atoms with Gasteiger partial charge >= 0.3 is 0 Å². The highest BCUT2D eigenvalue weighted by molar-refractivity contribution is 7.12. The van der Waals surface area contributed by atoms with E-state index in [4.69, 9.17) is 5.11 Å². The standard InChI is InChI=1S/C16H18N2OS/c1-18(12-14-5-4-9-17-11-14)13-16-8-7-15(20-16)6-2-3-10-19/h4-5,7-9,11,19H,3,10,12-13H2,1H3. The zero-order valence-corrected chi connectivity index (χ0v) is 12.4. The quantitative estimate of drug-likeness (QED) is 0.858. The van der Waals surface area contributed by atoms with Crippen LogP contribution in [0.4, 0.5) is 0 Å². The highest BCUT2D eigenvalue weighted by Gasteiger charge is 2.04. The normalized spacial score (nSPS) is 10.3. The fourth-order valence-corrected chi connectivity index (χ4v) is 2.82. The van der Waals surface area contributed by atoms with Crippen molar-refractivity contribution in [3.63, 3.8) is 0 Å². The molecule has 0 amide bonds. The highest BCUT2D eigenvalue weighted by atomic mass is 32.1. The average Bonchev–Trinajstić information content (AvgIpc) is 2.87. The molecule has 0 saturated carbocycles. The van der Waals surface area contributed by atoms with Gasteiger partial charge in [0.25, 0.3) is 0 Å². The molecule has 0 aliphatic heterocycles. The second-order valence-electron chi connectivity index (χ2n) is 4.57. The van der Waals surface area contributed by atoms with Gasteiger partial charge in [-0.15, -0.1) is 11.3 Å². The van der Waals surface area contributed by atoms with E-state index in [-0.39, 0.29) is 6.61 Å². The van der Waals surface area contributed by atoms with Gasteiger partial charge in [0.05, 0.1) is 11.5 Å². The van der Waals surface area contributed by atoms with Crippen LogP contribution in [0.5, 0.6) is 0 Å². The summed E-state index contributed by atoms with van der Waals surface area (Å²) in [5.74, 6) is 6.02. The van der Waals surface area contributed by atoms with E-state index in [2.05, 4.69) is 40.9 Å². The van der Waals surface area contributed by atoms with Gasteiger partial charge in [0.1, 0.15) is 0 Å². The Morgan fingerprint density at radius 1 is 1.30 bits per heavy atom. The Bertz CT molecular complexity index is 583. The van der Waals surface area contributed by atoms with Crippen molar-refractivity contribution in [1.82, 2.24) is 9.88 Å². The van der Waals surface area contributed by atoms with Crippen molar-refractivity contribution in [3.05, 3.63) is 52.0 Å². The molecule has 2 heterocycles. The van der Waals surface area contributed by atoms with E-state index in [1.165, 1.54) is 10.4 Å². The number of aliphatic hydroxyl groups excluding tert-OH is 1. The van der Waals surface area contributed by atoms with Crippen LogP contribution in [0.3, 0.4) is 0 Å². The van der Waals surface area contributed by atoms with Crippen LogP contribution in [-0.2, 0) is 13.1 Å². The minimum atomic E-state index is 0.124. The molecule has 4 heteroatoms. The number of pyridine rings is 1. The number of aromatic nitrogens is 1. The van der Waals surface area contributed by atoms with Gasteiger partial charge in [-0.3, -0.25) is 9.88 Å². The number of hydrogen-bond acceptors (Lipinski definition) is 4. The Morgan fingerprint density at radius 3 is 2.95 bits per heavy atom. The van der Waals surface area contributed by atoms with Crippen molar-refractivity contribution < 1.29 is 5.11 Å². The van der Waals surface area contributed by atoms with Gasteiger partial charge in [-0.25, -0.2) is 0 Å². The summed E-state index contributed by atoms with van der Waals surface area (Å²) in [6.07, 6.45) is 4.23. The Kier molecular flexibility index (Phi) is 5.75. The maximum absolute atomic E-state index is 8.70. The molecule has 3 nitrogen and oxygen atoms in total. The average molecular weight is 286 g/mol. The molecule has 2 rings (SSSR count). The second kappa shape index (κ2) is 7.81. The van der Waals surface area contributed by atoms with Gasteiger partial charge in [0.15, 0.2) is 0 Å². The molecule has 0 bridgehead atoms. The molecule has 2 aromatic heterocycles. The number of aliphatic hydroxyl groups is 1. The van der Waals surface area contributed by atoms with Crippen LogP contribution < -0.4 is 0 Å². The van der Waals surface area contributed by atoms with Crippen molar-refractivity contribution >= 4 is 11.3 Å². The van der Waals surface area contributed by atoms with E-state index in [0.717, 1.165) is 18.0 Å². The SMILES string of the molecule is CN(Cc1cccnc1)Cc1ccc(C#CCCO)s1. The summed E-state index contributed by atoms with van der Waals surface area (Å²) < 4.78 is 0. The monoisotopic (exact) mass is 286 g/mol. The first-order valence-corrected chi connectivity index (χ1v) is 7.35. The van der Waals surface area contributed by atoms with Crippen LogP contribution in [0, 0.1) is 11.8 Å². The molecule has 0 aromatic carbocycles. The predicted molar refractivity (Wildman–Crippen MR) is 82.3 cm³/mol. The minimum Gasteiger partial charge on any atom is -0.395 e. The molecular weight excluding hydrogens is 268 g/mol. The lowest BCUT2D eigenvalue weighted by Crippen LogP contribution is -2.16. The number of nitrogens with zero attached hydrogens (tertiary/aromatic N) is 2. The fourth-order valence-electron chi connectivity index (χ4n) is 1.86. The Labute approximate surface area is 123 Å². The largest absolute Gasteiger partial charge is 0.395 e. The zero-order chi connectivity index (χ0) is 14.2. The Morgan fingerprint density at radius 2 is 2.20 bits per heavy atom. The van der Waals surface area contributed by atoms with Gasteiger partial charge in [-0.05, 0) is 30.8 Å². The summed E-state index contributed by atoms with van der Waals surface area (Å²) >= 11 is 1.71. The molecule has 0 saturated heterocycles. The van der Waals surface area contributed by atoms with Gasteiger partial charge in [0, 0.05) is 36.8 Å². The molecule has 20 heavy (non-hydrogen) atoms. The predicted octanol–water partition coefficient (Wildman–Crippen LogP) is 2.51. The first-order chi connectivity index (χ1) is 9.78. The third-order valence-electron chi connectivity index (χ3n) is 2.71. The number of hydrogen-bond donors (Lipinski definition) is 1. The third kappa shape index (κ3) is 4.78. The molecule has 0 spiro atoms. The minimum absolute atomic E-state index is 0.124.